The quantitative estimate of drug-likeness (QED) is 0.550. The van der Waals surface area contributed by atoms with Gasteiger partial charge in [-0.05, 0) is 31.9 Å². The van der Waals surface area contributed by atoms with Crippen LogP contribution in [0.4, 0.5) is 17.6 Å². The lowest BCUT2D eigenvalue weighted by atomic mass is 10.3. The second-order valence-corrected chi connectivity index (χ2v) is 4.76. The molecule has 0 saturated carbocycles. The van der Waals surface area contributed by atoms with E-state index in [4.69, 9.17) is 0 Å². The average molecular weight is 322 g/mol. The van der Waals surface area contributed by atoms with Crippen LogP contribution in [0.15, 0.2) is 0 Å². The second kappa shape index (κ2) is 4.28. The van der Waals surface area contributed by atoms with Gasteiger partial charge in [-0.25, -0.2) is 17.6 Å². The van der Waals surface area contributed by atoms with Crippen LogP contribution in [0.5, 0.6) is 0 Å². The molecule has 0 aromatic rings. The largest absolute Gasteiger partial charge is 0.271 e. The van der Waals surface area contributed by atoms with E-state index >= 15 is 0 Å². The molecule has 0 bridgehead atoms. The molecule has 0 N–H and O–H groups in total. The molecule has 0 aliphatic heterocycles. The third-order valence-corrected chi connectivity index (χ3v) is 1.98. The van der Waals surface area contributed by atoms with Crippen molar-refractivity contribution < 1.29 is 17.6 Å². The van der Waals surface area contributed by atoms with Crippen LogP contribution < -0.4 is 0 Å². The van der Waals surface area contributed by atoms with E-state index in [-0.39, 0.29) is 0 Å². The minimum absolute atomic E-state index is 2.01. The fourth-order valence-electron chi connectivity index (χ4n) is 0.308. The van der Waals surface area contributed by atoms with E-state index in [2.05, 4.69) is 27.5 Å². The minimum atomic E-state index is -3.06. The highest BCUT2D eigenvalue weighted by atomic mass is 79.9. The summed E-state index contributed by atoms with van der Waals surface area (Å²) in [4.78, 5) is 0. The molecular formula is C4H3Br2ClF4. The van der Waals surface area contributed by atoms with Crippen molar-refractivity contribution in [3.05, 3.63) is 0 Å². The highest BCUT2D eigenvalue weighted by Gasteiger charge is 2.44. The number of hydrogen-bond acceptors (Lipinski definition) is 0. The van der Waals surface area contributed by atoms with E-state index < -0.39 is 21.5 Å². The monoisotopic (exact) mass is 320 g/mol. The van der Waals surface area contributed by atoms with Crippen molar-refractivity contribution in [2.75, 3.05) is 0 Å². The highest BCUT2D eigenvalue weighted by Crippen LogP contribution is 2.36. The zero-order chi connectivity index (χ0) is 9.23. The summed E-state index contributed by atoms with van der Waals surface area (Å²) in [5.74, 6) is 0. The van der Waals surface area contributed by atoms with Crippen LogP contribution in [0.3, 0.4) is 0 Å². The molecule has 4 atom stereocenters. The van der Waals surface area contributed by atoms with Crippen LogP contribution in [-0.2, 0) is 0 Å². The molecule has 0 rings (SSSR count). The van der Waals surface area contributed by atoms with Crippen LogP contribution in [-0.4, -0.2) is 21.5 Å². The van der Waals surface area contributed by atoms with Crippen molar-refractivity contribution >= 4 is 43.5 Å². The van der Waals surface area contributed by atoms with E-state index in [1.807, 2.05) is 15.9 Å². The highest BCUT2D eigenvalue weighted by molar-refractivity contribution is 9.10. The van der Waals surface area contributed by atoms with Crippen molar-refractivity contribution in [1.82, 2.24) is 0 Å². The van der Waals surface area contributed by atoms with E-state index in [0.717, 1.165) is 0 Å². The van der Waals surface area contributed by atoms with Crippen LogP contribution in [0.2, 0.25) is 0 Å². The Balaban J connectivity index is 4.13. The van der Waals surface area contributed by atoms with Gasteiger partial charge in [-0.2, -0.15) is 0 Å². The van der Waals surface area contributed by atoms with Crippen LogP contribution in [0.1, 0.15) is 0 Å². The Labute approximate surface area is 82.5 Å². The summed E-state index contributed by atoms with van der Waals surface area (Å²) in [6, 6.07) is 0. The summed E-state index contributed by atoms with van der Waals surface area (Å²) in [6.45, 7) is 0. The van der Waals surface area contributed by atoms with Crippen molar-refractivity contribution in [2.45, 2.75) is 21.5 Å². The predicted octanol–water partition coefficient (Wildman–Crippen LogP) is 3.61. The minimum Gasteiger partial charge on any atom is -0.240 e. The molecule has 0 heterocycles. The summed E-state index contributed by atoms with van der Waals surface area (Å²) in [6.07, 6.45) is -5.41. The smallest absolute Gasteiger partial charge is 0.240 e. The van der Waals surface area contributed by atoms with Crippen molar-refractivity contribution in [1.29, 1.82) is 0 Å². The Morgan fingerprint density at radius 2 is 1.64 bits per heavy atom. The molecule has 0 spiro atoms. The van der Waals surface area contributed by atoms with Gasteiger partial charge in [0.05, 0.1) is 0 Å². The topological polar surface area (TPSA) is 0 Å². The Morgan fingerprint density at radius 1 is 1.27 bits per heavy atom. The molecule has 4 unspecified atom stereocenters. The van der Waals surface area contributed by atoms with Gasteiger partial charge in [0.2, 0.25) is 0 Å². The first-order valence-electron chi connectivity index (χ1n) is 2.40. The standard InChI is InChI=1S/C4H3Br2ClF4/c5-3(10)1(8)2(9)4(6,7)11/h1-3H. The van der Waals surface area contributed by atoms with Gasteiger partial charge in [-0.1, -0.05) is 11.6 Å². The second-order valence-electron chi connectivity index (χ2n) is 1.72. The number of alkyl halides is 7. The zero-order valence-corrected chi connectivity index (χ0v) is 8.81. The molecule has 0 aromatic heterocycles. The normalized spacial score (nSPS) is 25.4. The van der Waals surface area contributed by atoms with Crippen LogP contribution >= 0.6 is 43.5 Å². The summed E-state index contributed by atoms with van der Waals surface area (Å²) in [5.41, 5.74) is 0. The van der Waals surface area contributed by atoms with Gasteiger partial charge < -0.3 is 0 Å². The van der Waals surface area contributed by atoms with E-state index in [0.29, 0.717) is 0 Å². The van der Waals surface area contributed by atoms with Crippen LogP contribution in [0, 0.1) is 0 Å². The summed E-state index contributed by atoms with van der Waals surface area (Å²) in [5, 5.41) is -2.27. The fourth-order valence-corrected chi connectivity index (χ4v) is 0.949. The van der Waals surface area contributed by atoms with Crippen LogP contribution in [0.25, 0.3) is 0 Å². The van der Waals surface area contributed by atoms with Gasteiger partial charge in [0.15, 0.2) is 17.4 Å². The lowest BCUT2D eigenvalue weighted by molar-refractivity contribution is 0.0805. The Bertz CT molecular complexity index is 126. The molecule has 7 heteroatoms. The van der Waals surface area contributed by atoms with E-state index in [1.165, 1.54) is 0 Å². The zero-order valence-electron chi connectivity index (χ0n) is 4.88. The van der Waals surface area contributed by atoms with Gasteiger partial charge in [0.25, 0.3) is 4.04 Å². The molecule has 0 saturated heterocycles. The third kappa shape index (κ3) is 3.94. The lowest BCUT2D eigenvalue weighted by Gasteiger charge is -2.18. The molecule has 0 aliphatic rings. The maximum atomic E-state index is 12.4. The Morgan fingerprint density at radius 3 is 1.73 bits per heavy atom. The first-order chi connectivity index (χ1) is 4.76. The molecular weight excluding hydrogens is 319 g/mol. The molecule has 0 fully saturated rings. The molecule has 0 aliphatic carbocycles. The number of halogens is 7. The molecule has 0 aromatic carbocycles. The van der Waals surface area contributed by atoms with E-state index in [9.17, 15) is 17.6 Å². The number of rotatable bonds is 3. The fraction of sp³-hybridized carbons (Fsp3) is 1.00. The Hall–Kier alpha value is 0.970. The predicted molar refractivity (Wildman–Crippen MR) is 42.2 cm³/mol. The van der Waals surface area contributed by atoms with E-state index in [1.54, 1.807) is 0 Å². The molecule has 0 radical (unpaired) electrons. The summed E-state index contributed by atoms with van der Waals surface area (Å²) in [7, 11) is 0. The Kier molecular flexibility index (Phi) is 4.65. The van der Waals surface area contributed by atoms with Crippen molar-refractivity contribution in [2.24, 2.45) is 0 Å². The lowest BCUT2D eigenvalue weighted by Crippen LogP contribution is -2.35. The first kappa shape index (κ1) is 12.0. The molecule has 0 nitrogen and oxygen atoms in total. The van der Waals surface area contributed by atoms with Gasteiger partial charge in [-0.15, -0.1) is 0 Å². The van der Waals surface area contributed by atoms with Gasteiger partial charge in [-0.3, -0.25) is 0 Å². The summed E-state index contributed by atoms with van der Waals surface area (Å²) < 4.78 is 45.8. The molecule has 0 amide bonds. The van der Waals surface area contributed by atoms with Gasteiger partial charge in [0.1, 0.15) is 0 Å². The summed E-state index contributed by atoms with van der Waals surface area (Å²) >= 11 is 8.78. The average Bonchev–Trinajstić information content (AvgIpc) is 1.82. The SMILES string of the molecule is FC(Br)C(F)C(F)C(F)(Cl)Br. The molecule has 11 heavy (non-hydrogen) atoms. The molecule has 68 valence electrons. The van der Waals surface area contributed by atoms with Crippen molar-refractivity contribution in [3.8, 4) is 0 Å². The third-order valence-electron chi connectivity index (χ3n) is 0.833. The number of hydrogen-bond donors (Lipinski definition) is 0. The first-order valence-corrected chi connectivity index (χ1v) is 4.48. The van der Waals surface area contributed by atoms with Crippen molar-refractivity contribution in [3.63, 3.8) is 0 Å². The van der Waals surface area contributed by atoms with Gasteiger partial charge in [0, 0.05) is 0 Å². The maximum absolute atomic E-state index is 12.4. The van der Waals surface area contributed by atoms with Gasteiger partial charge >= 0.3 is 0 Å². The maximum Gasteiger partial charge on any atom is 0.271 e.